The van der Waals surface area contributed by atoms with E-state index in [2.05, 4.69) is 0 Å². The molecule has 0 saturated carbocycles. The molecule has 0 spiro atoms. The SMILES string of the molecule is NS(=O)(=O)CCc1cccc(F)c1. The Balaban J connectivity index is 2.65. The van der Waals surface area contributed by atoms with Gasteiger partial charge in [0.1, 0.15) is 5.82 Å². The number of benzene rings is 1. The average molecular weight is 203 g/mol. The molecule has 0 saturated heterocycles. The third-order valence-electron chi connectivity index (χ3n) is 1.56. The molecule has 0 unspecified atom stereocenters. The number of halogens is 1. The summed E-state index contributed by atoms with van der Waals surface area (Å²) in [5.74, 6) is -0.525. The summed E-state index contributed by atoms with van der Waals surface area (Å²) in [7, 11) is -3.46. The Labute approximate surface area is 76.4 Å². The number of sulfonamides is 1. The second kappa shape index (κ2) is 3.85. The third-order valence-corrected chi connectivity index (χ3v) is 2.34. The highest BCUT2D eigenvalue weighted by molar-refractivity contribution is 7.89. The van der Waals surface area contributed by atoms with E-state index in [1.807, 2.05) is 0 Å². The largest absolute Gasteiger partial charge is 0.229 e. The number of hydrogen-bond donors (Lipinski definition) is 1. The first-order chi connectivity index (χ1) is 5.97. The highest BCUT2D eigenvalue weighted by atomic mass is 32.2. The van der Waals surface area contributed by atoms with Crippen LogP contribution in [0.5, 0.6) is 0 Å². The van der Waals surface area contributed by atoms with Crippen LogP contribution in [-0.2, 0) is 16.4 Å². The van der Waals surface area contributed by atoms with Gasteiger partial charge < -0.3 is 0 Å². The fraction of sp³-hybridized carbons (Fsp3) is 0.250. The summed E-state index contributed by atoms with van der Waals surface area (Å²) in [5.41, 5.74) is 0.633. The van der Waals surface area contributed by atoms with Gasteiger partial charge in [-0.1, -0.05) is 12.1 Å². The molecule has 0 aliphatic rings. The van der Waals surface area contributed by atoms with Gasteiger partial charge in [-0.15, -0.1) is 0 Å². The predicted octanol–water partition coefficient (Wildman–Crippen LogP) is 0.657. The van der Waals surface area contributed by atoms with Gasteiger partial charge in [-0.25, -0.2) is 17.9 Å². The molecule has 0 radical (unpaired) electrons. The van der Waals surface area contributed by atoms with Gasteiger partial charge in [0, 0.05) is 0 Å². The van der Waals surface area contributed by atoms with Crippen molar-refractivity contribution >= 4 is 10.0 Å². The van der Waals surface area contributed by atoms with Crippen LogP contribution in [0.1, 0.15) is 5.56 Å². The van der Waals surface area contributed by atoms with Crippen LogP contribution in [0.15, 0.2) is 24.3 Å². The van der Waals surface area contributed by atoms with E-state index in [4.69, 9.17) is 5.14 Å². The fourth-order valence-electron chi connectivity index (χ4n) is 0.953. The number of hydrogen-bond acceptors (Lipinski definition) is 2. The molecule has 0 bridgehead atoms. The minimum Gasteiger partial charge on any atom is -0.229 e. The van der Waals surface area contributed by atoms with Crippen LogP contribution < -0.4 is 5.14 Å². The van der Waals surface area contributed by atoms with Crippen LogP contribution in [0.3, 0.4) is 0 Å². The highest BCUT2D eigenvalue weighted by Crippen LogP contribution is 2.04. The van der Waals surface area contributed by atoms with Crippen LogP contribution >= 0.6 is 0 Å². The Morgan fingerprint density at radius 1 is 1.38 bits per heavy atom. The zero-order chi connectivity index (χ0) is 9.90. The number of aryl methyl sites for hydroxylation is 1. The summed E-state index contributed by atoms with van der Waals surface area (Å²) < 4.78 is 33.8. The first kappa shape index (κ1) is 10.1. The molecule has 0 aliphatic heterocycles. The smallest absolute Gasteiger partial charge is 0.209 e. The first-order valence-corrected chi connectivity index (χ1v) is 5.44. The minimum atomic E-state index is -3.46. The summed E-state index contributed by atoms with van der Waals surface area (Å²) >= 11 is 0. The second-order valence-corrected chi connectivity index (χ2v) is 4.48. The van der Waals surface area contributed by atoms with Crippen molar-refractivity contribution in [3.05, 3.63) is 35.6 Å². The summed E-state index contributed by atoms with van der Waals surface area (Å²) in [5, 5.41) is 4.80. The zero-order valence-corrected chi connectivity index (χ0v) is 7.72. The molecular weight excluding hydrogens is 193 g/mol. The molecule has 2 N–H and O–H groups in total. The molecule has 5 heteroatoms. The highest BCUT2D eigenvalue weighted by Gasteiger charge is 2.03. The summed E-state index contributed by atoms with van der Waals surface area (Å²) in [6.07, 6.45) is 0.247. The van der Waals surface area contributed by atoms with Gasteiger partial charge >= 0.3 is 0 Å². The van der Waals surface area contributed by atoms with E-state index < -0.39 is 10.0 Å². The first-order valence-electron chi connectivity index (χ1n) is 3.72. The van der Waals surface area contributed by atoms with E-state index in [1.54, 1.807) is 6.07 Å². The quantitative estimate of drug-likeness (QED) is 0.784. The van der Waals surface area contributed by atoms with Gasteiger partial charge in [-0.2, -0.15) is 0 Å². The summed E-state index contributed by atoms with van der Waals surface area (Å²) in [4.78, 5) is 0. The van der Waals surface area contributed by atoms with Crippen molar-refractivity contribution in [3.8, 4) is 0 Å². The molecule has 1 aromatic rings. The van der Waals surface area contributed by atoms with Crippen LogP contribution in [0, 0.1) is 5.82 Å². The van der Waals surface area contributed by atoms with Gasteiger partial charge in [-0.3, -0.25) is 0 Å². The molecule has 0 amide bonds. The molecule has 0 aromatic heterocycles. The second-order valence-electron chi connectivity index (χ2n) is 2.75. The van der Waals surface area contributed by atoms with Crippen molar-refractivity contribution in [3.63, 3.8) is 0 Å². The molecule has 13 heavy (non-hydrogen) atoms. The van der Waals surface area contributed by atoms with E-state index in [-0.39, 0.29) is 18.0 Å². The van der Waals surface area contributed by atoms with Crippen molar-refractivity contribution in [1.82, 2.24) is 0 Å². The van der Waals surface area contributed by atoms with Gasteiger partial charge in [-0.05, 0) is 24.1 Å². The van der Waals surface area contributed by atoms with Gasteiger partial charge in [0.15, 0.2) is 0 Å². The van der Waals surface area contributed by atoms with Crippen molar-refractivity contribution in [2.45, 2.75) is 6.42 Å². The summed E-state index contributed by atoms with van der Waals surface area (Å²) in [6.45, 7) is 0. The lowest BCUT2D eigenvalue weighted by Crippen LogP contribution is -2.17. The van der Waals surface area contributed by atoms with Crippen LogP contribution in [0.2, 0.25) is 0 Å². The van der Waals surface area contributed by atoms with Crippen molar-refractivity contribution in [2.24, 2.45) is 5.14 Å². The summed E-state index contributed by atoms with van der Waals surface area (Å²) in [6, 6.07) is 5.80. The maximum Gasteiger partial charge on any atom is 0.209 e. The third kappa shape index (κ3) is 4.00. The van der Waals surface area contributed by atoms with Crippen molar-refractivity contribution in [2.75, 3.05) is 5.75 Å². The van der Waals surface area contributed by atoms with Crippen LogP contribution in [0.25, 0.3) is 0 Å². The molecule has 1 aromatic carbocycles. The molecule has 0 fully saturated rings. The molecule has 0 aliphatic carbocycles. The lowest BCUT2D eigenvalue weighted by atomic mass is 10.2. The topological polar surface area (TPSA) is 60.2 Å². The molecule has 72 valence electrons. The molecule has 1 rings (SSSR count). The van der Waals surface area contributed by atoms with Crippen molar-refractivity contribution in [1.29, 1.82) is 0 Å². The molecule has 0 atom stereocenters. The van der Waals surface area contributed by atoms with E-state index in [1.165, 1.54) is 18.2 Å². The zero-order valence-electron chi connectivity index (χ0n) is 6.90. The fourth-order valence-corrected chi connectivity index (χ4v) is 1.47. The van der Waals surface area contributed by atoms with Gasteiger partial charge in [0.05, 0.1) is 5.75 Å². The Kier molecular flexibility index (Phi) is 3.00. The standard InChI is InChI=1S/C8H10FNO2S/c9-8-3-1-2-7(6-8)4-5-13(10,11)12/h1-3,6H,4-5H2,(H2,10,11,12). The van der Waals surface area contributed by atoms with Crippen LogP contribution in [0.4, 0.5) is 4.39 Å². The van der Waals surface area contributed by atoms with Gasteiger partial charge in [0.2, 0.25) is 10.0 Å². The normalized spacial score (nSPS) is 11.5. The number of primary sulfonamides is 1. The number of nitrogens with two attached hydrogens (primary N) is 1. The van der Waals surface area contributed by atoms with E-state index in [0.29, 0.717) is 5.56 Å². The van der Waals surface area contributed by atoms with Crippen LogP contribution in [-0.4, -0.2) is 14.2 Å². The lowest BCUT2D eigenvalue weighted by molar-refractivity contribution is 0.596. The van der Waals surface area contributed by atoms with E-state index in [0.717, 1.165) is 0 Å². The Hall–Kier alpha value is -0.940. The predicted molar refractivity (Wildman–Crippen MR) is 48.1 cm³/mol. The van der Waals surface area contributed by atoms with E-state index >= 15 is 0 Å². The molecule has 0 heterocycles. The Morgan fingerprint density at radius 2 is 2.08 bits per heavy atom. The average Bonchev–Trinajstić information content (AvgIpc) is 2.00. The van der Waals surface area contributed by atoms with Crippen molar-refractivity contribution < 1.29 is 12.8 Å². The maximum atomic E-state index is 12.6. The Bertz CT molecular complexity index is 389. The number of rotatable bonds is 3. The molecule has 3 nitrogen and oxygen atoms in total. The van der Waals surface area contributed by atoms with E-state index in [9.17, 15) is 12.8 Å². The minimum absolute atomic E-state index is 0.156. The maximum absolute atomic E-state index is 12.6. The monoisotopic (exact) mass is 203 g/mol. The Morgan fingerprint density at radius 3 is 2.62 bits per heavy atom. The molecular formula is C8H10FNO2S. The van der Waals surface area contributed by atoms with Gasteiger partial charge in [0.25, 0.3) is 0 Å². The lowest BCUT2D eigenvalue weighted by Gasteiger charge is -1.99.